The predicted molar refractivity (Wildman–Crippen MR) is 110 cm³/mol. The van der Waals surface area contributed by atoms with Crippen LogP contribution >= 0.6 is 0 Å². The molecule has 142 valence electrons. The van der Waals surface area contributed by atoms with Gasteiger partial charge in [0.25, 0.3) is 5.91 Å². The van der Waals surface area contributed by atoms with Gasteiger partial charge in [-0.15, -0.1) is 0 Å². The molecule has 0 aromatic heterocycles. The highest BCUT2D eigenvalue weighted by Gasteiger charge is 2.15. The number of aryl methyl sites for hydroxylation is 1. The zero-order chi connectivity index (χ0) is 19.8. The Bertz CT molecular complexity index is 951. The summed E-state index contributed by atoms with van der Waals surface area (Å²) in [6.07, 6.45) is 1.44. The monoisotopic (exact) mass is 373 g/mol. The summed E-state index contributed by atoms with van der Waals surface area (Å²) in [6, 6.07) is 24.8. The highest BCUT2D eigenvalue weighted by atomic mass is 16.5. The second-order valence-corrected chi connectivity index (χ2v) is 6.45. The van der Waals surface area contributed by atoms with E-state index in [9.17, 15) is 9.59 Å². The Morgan fingerprint density at radius 1 is 0.821 bits per heavy atom. The average molecular weight is 373 g/mol. The lowest BCUT2D eigenvalue weighted by molar-refractivity contribution is -0.119. The predicted octanol–water partition coefficient (Wildman–Crippen LogP) is 4.64. The summed E-state index contributed by atoms with van der Waals surface area (Å²) < 4.78 is 5.26. The minimum Gasteiger partial charge on any atom is -0.452 e. The number of rotatable bonds is 7. The van der Waals surface area contributed by atoms with E-state index in [-0.39, 0.29) is 12.5 Å². The number of amides is 1. The van der Waals surface area contributed by atoms with Crippen LogP contribution in [0, 0.1) is 0 Å². The second kappa shape index (κ2) is 9.51. The lowest BCUT2D eigenvalue weighted by Crippen LogP contribution is -2.22. The largest absolute Gasteiger partial charge is 0.452 e. The molecule has 1 amide bonds. The molecule has 28 heavy (non-hydrogen) atoms. The van der Waals surface area contributed by atoms with Crippen LogP contribution in [-0.2, 0) is 22.4 Å². The van der Waals surface area contributed by atoms with Crippen molar-refractivity contribution in [3.8, 4) is 0 Å². The molecule has 3 aromatic carbocycles. The van der Waals surface area contributed by atoms with Crippen molar-refractivity contribution in [3.05, 3.63) is 101 Å². The minimum atomic E-state index is -0.495. The fraction of sp³-hybridized carbons (Fsp3) is 0.167. The van der Waals surface area contributed by atoms with Gasteiger partial charge in [0.2, 0.25) is 0 Å². The van der Waals surface area contributed by atoms with E-state index in [1.165, 1.54) is 0 Å². The highest BCUT2D eigenvalue weighted by Crippen LogP contribution is 2.17. The molecule has 4 heteroatoms. The zero-order valence-electron chi connectivity index (χ0n) is 15.9. The van der Waals surface area contributed by atoms with Crippen molar-refractivity contribution >= 4 is 17.6 Å². The van der Waals surface area contributed by atoms with Gasteiger partial charge >= 0.3 is 5.97 Å². The molecule has 0 heterocycles. The van der Waals surface area contributed by atoms with Crippen molar-refractivity contribution in [2.45, 2.75) is 19.8 Å². The molecule has 3 rings (SSSR count). The third-order valence-electron chi connectivity index (χ3n) is 4.48. The molecule has 0 saturated carbocycles. The summed E-state index contributed by atoms with van der Waals surface area (Å²) in [5.74, 6) is -0.847. The molecule has 0 radical (unpaired) electrons. The van der Waals surface area contributed by atoms with Crippen LogP contribution in [0.15, 0.2) is 78.9 Å². The summed E-state index contributed by atoms with van der Waals surface area (Å²) in [7, 11) is 0. The molecule has 0 saturated heterocycles. The van der Waals surface area contributed by atoms with Crippen LogP contribution in [0.2, 0.25) is 0 Å². The number of anilines is 1. The summed E-state index contributed by atoms with van der Waals surface area (Å²) in [6.45, 7) is 1.70. The molecule has 3 aromatic rings. The Balaban J connectivity index is 1.63. The first kappa shape index (κ1) is 19.4. The van der Waals surface area contributed by atoms with Crippen LogP contribution in [0.4, 0.5) is 5.69 Å². The lowest BCUT2D eigenvalue weighted by Gasteiger charge is -2.11. The topological polar surface area (TPSA) is 55.4 Å². The smallest absolute Gasteiger partial charge is 0.338 e. The lowest BCUT2D eigenvalue weighted by atomic mass is 10.00. The SMILES string of the molecule is CCc1ccccc1NC(=O)COC(=O)c1ccccc1Cc1ccccc1. The molecule has 4 nitrogen and oxygen atoms in total. The number of esters is 1. The van der Waals surface area contributed by atoms with Crippen LogP contribution in [0.3, 0.4) is 0 Å². The quantitative estimate of drug-likeness (QED) is 0.614. The molecule has 0 fully saturated rings. The van der Waals surface area contributed by atoms with Gasteiger partial charge in [-0.05, 0) is 41.7 Å². The fourth-order valence-corrected chi connectivity index (χ4v) is 3.04. The van der Waals surface area contributed by atoms with Crippen molar-refractivity contribution in [2.24, 2.45) is 0 Å². The minimum absolute atomic E-state index is 0.323. The normalized spacial score (nSPS) is 10.3. The number of nitrogens with one attached hydrogen (secondary N) is 1. The van der Waals surface area contributed by atoms with Gasteiger partial charge in [0, 0.05) is 5.69 Å². The van der Waals surface area contributed by atoms with E-state index in [0.29, 0.717) is 12.0 Å². The van der Waals surface area contributed by atoms with E-state index in [1.807, 2.05) is 73.7 Å². The van der Waals surface area contributed by atoms with Crippen molar-refractivity contribution in [1.82, 2.24) is 0 Å². The Kier molecular flexibility index (Phi) is 6.58. The molecule has 0 spiro atoms. The molecule has 0 aliphatic carbocycles. The number of hydrogen-bond donors (Lipinski definition) is 1. The first-order chi connectivity index (χ1) is 13.7. The maximum absolute atomic E-state index is 12.5. The molecular formula is C24H23NO3. The zero-order valence-corrected chi connectivity index (χ0v) is 15.9. The van der Waals surface area contributed by atoms with Gasteiger partial charge in [-0.25, -0.2) is 4.79 Å². The van der Waals surface area contributed by atoms with Crippen molar-refractivity contribution < 1.29 is 14.3 Å². The van der Waals surface area contributed by atoms with E-state index in [2.05, 4.69) is 5.32 Å². The fourth-order valence-electron chi connectivity index (χ4n) is 3.04. The molecular weight excluding hydrogens is 350 g/mol. The number of carbonyl (C=O) groups excluding carboxylic acids is 2. The summed E-state index contributed by atoms with van der Waals surface area (Å²) >= 11 is 0. The first-order valence-corrected chi connectivity index (χ1v) is 9.34. The maximum atomic E-state index is 12.5. The van der Waals surface area contributed by atoms with Crippen molar-refractivity contribution in [3.63, 3.8) is 0 Å². The first-order valence-electron chi connectivity index (χ1n) is 9.34. The second-order valence-electron chi connectivity index (χ2n) is 6.45. The molecule has 0 atom stereocenters. The number of para-hydroxylation sites is 1. The summed E-state index contributed by atoms with van der Waals surface area (Å²) in [5, 5.41) is 2.81. The van der Waals surface area contributed by atoms with Gasteiger partial charge in [0.1, 0.15) is 0 Å². The molecule has 1 N–H and O–H groups in total. The van der Waals surface area contributed by atoms with E-state index in [1.54, 1.807) is 12.1 Å². The Hall–Kier alpha value is -3.40. The highest BCUT2D eigenvalue weighted by molar-refractivity contribution is 5.96. The molecule has 0 bridgehead atoms. The Morgan fingerprint density at radius 3 is 2.21 bits per heavy atom. The van der Waals surface area contributed by atoms with Gasteiger partial charge in [-0.3, -0.25) is 4.79 Å². The van der Waals surface area contributed by atoms with Crippen LogP contribution in [-0.4, -0.2) is 18.5 Å². The van der Waals surface area contributed by atoms with E-state index < -0.39 is 5.97 Å². The number of hydrogen-bond acceptors (Lipinski definition) is 3. The maximum Gasteiger partial charge on any atom is 0.338 e. The van der Waals surface area contributed by atoms with Crippen molar-refractivity contribution in [1.29, 1.82) is 0 Å². The third-order valence-corrected chi connectivity index (χ3v) is 4.48. The van der Waals surface area contributed by atoms with Crippen LogP contribution in [0.25, 0.3) is 0 Å². The van der Waals surface area contributed by atoms with Crippen LogP contribution < -0.4 is 5.32 Å². The third kappa shape index (κ3) is 5.07. The average Bonchev–Trinajstić information content (AvgIpc) is 2.73. The van der Waals surface area contributed by atoms with Crippen molar-refractivity contribution in [2.75, 3.05) is 11.9 Å². The van der Waals surface area contributed by atoms with E-state index >= 15 is 0 Å². The molecule has 0 aliphatic heterocycles. The molecule has 0 unspecified atom stereocenters. The molecule has 0 aliphatic rings. The van der Waals surface area contributed by atoms with Crippen LogP contribution in [0.1, 0.15) is 34.0 Å². The van der Waals surface area contributed by atoms with E-state index in [0.717, 1.165) is 28.8 Å². The van der Waals surface area contributed by atoms with Crippen LogP contribution in [0.5, 0.6) is 0 Å². The van der Waals surface area contributed by atoms with Gasteiger partial charge in [-0.1, -0.05) is 73.7 Å². The summed E-state index contributed by atoms with van der Waals surface area (Å²) in [4.78, 5) is 24.7. The van der Waals surface area contributed by atoms with Gasteiger partial charge in [0.05, 0.1) is 5.56 Å². The standard InChI is InChI=1S/C24H23NO3/c1-2-19-12-7-9-15-22(19)25-23(26)17-28-24(27)21-14-8-6-13-20(21)16-18-10-4-3-5-11-18/h3-15H,2,16-17H2,1H3,(H,25,26). The van der Waals surface area contributed by atoms with Gasteiger partial charge in [-0.2, -0.15) is 0 Å². The van der Waals surface area contributed by atoms with Gasteiger partial charge < -0.3 is 10.1 Å². The number of ether oxygens (including phenoxy) is 1. The number of carbonyl (C=O) groups is 2. The Labute approximate surface area is 165 Å². The Morgan fingerprint density at radius 2 is 1.46 bits per heavy atom. The van der Waals surface area contributed by atoms with Gasteiger partial charge in [0.15, 0.2) is 6.61 Å². The van der Waals surface area contributed by atoms with E-state index in [4.69, 9.17) is 4.74 Å². The number of benzene rings is 3. The summed E-state index contributed by atoms with van der Waals surface area (Å²) in [5.41, 5.74) is 4.24.